The van der Waals surface area contributed by atoms with Crippen LogP contribution in [0.1, 0.15) is 12.5 Å². The Morgan fingerprint density at radius 2 is 2.13 bits per heavy atom. The second kappa shape index (κ2) is 7.17. The molecule has 8 heteroatoms. The van der Waals surface area contributed by atoms with Gasteiger partial charge in [0.05, 0.1) is 11.9 Å². The number of benzene rings is 1. The number of amides is 1. The van der Waals surface area contributed by atoms with Gasteiger partial charge in [-0.2, -0.15) is 13.2 Å². The fourth-order valence-electron chi connectivity index (χ4n) is 1.92. The normalized spacial score (nSPS) is 12.7. The van der Waals surface area contributed by atoms with Gasteiger partial charge in [-0.25, -0.2) is 4.98 Å². The monoisotopic (exact) mass is 327 g/mol. The fraction of sp³-hybridized carbons (Fsp3) is 0.333. The Morgan fingerprint density at radius 3 is 2.78 bits per heavy atom. The number of carbonyl (C=O) groups is 1. The molecule has 1 aromatic heterocycles. The van der Waals surface area contributed by atoms with Gasteiger partial charge in [0.1, 0.15) is 5.75 Å². The molecule has 0 saturated heterocycles. The second-order valence-corrected chi connectivity index (χ2v) is 4.85. The summed E-state index contributed by atoms with van der Waals surface area (Å²) in [6, 6.07) is 4.80. The maximum Gasteiger partial charge on any atom is 0.419 e. The van der Waals surface area contributed by atoms with Crippen LogP contribution in [0.4, 0.5) is 13.2 Å². The van der Waals surface area contributed by atoms with E-state index >= 15 is 0 Å². The molecule has 0 saturated carbocycles. The maximum absolute atomic E-state index is 12.9. The molecule has 124 valence electrons. The smallest absolute Gasteiger partial charge is 0.419 e. The van der Waals surface area contributed by atoms with Crippen molar-refractivity contribution in [2.75, 3.05) is 6.54 Å². The van der Waals surface area contributed by atoms with Crippen molar-refractivity contribution in [1.82, 2.24) is 14.9 Å². The Hall–Kier alpha value is -2.51. The number of para-hydroxylation sites is 1. The largest absolute Gasteiger partial charge is 0.480 e. The Morgan fingerprint density at radius 1 is 1.39 bits per heavy atom. The summed E-state index contributed by atoms with van der Waals surface area (Å²) in [7, 11) is 0. The van der Waals surface area contributed by atoms with Crippen molar-refractivity contribution < 1.29 is 22.7 Å². The van der Waals surface area contributed by atoms with Gasteiger partial charge in [-0.05, 0) is 19.1 Å². The van der Waals surface area contributed by atoms with Crippen LogP contribution in [-0.4, -0.2) is 28.1 Å². The molecule has 0 aliphatic rings. The zero-order valence-corrected chi connectivity index (χ0v) is 12.4. The summed E-state index contributed by atoms with van der Waals surface area (Å²) in [5.74, 6) is -0.848. The molecule has 1 atom stereocenters. The number of halogens is 3. The molecule has 5 nitrogen and oxygen atoms in total. The predicted molar refractivity (Wildman–Crippen MR) is 76.8 cm³/mol. The summed E-state index contributed by atoms with van der Waals surface area (Å²) >= 11 is 0. The molecular weight excluding hydrogens is 311 g/mol. The van der Waals surface area contributed by atoms with E-state index < -0.39 is 23.8 Å². The number of aromatic nitrogens is 2. The highest BCUT2D eigenvalue weighted by Gasteiger charge is 2.34. The van der Waals surface area contributed by atoms with E-state index in [0.717, 1.165) is 6.07 Å². The van der Waals surface area contributed by atoms with Crippen molar-refractivity contribution in [3.63, 3.8) is 0 Å². The molecule has 0 aliphatic carbocycles. The third kappa shape index (κ3) is 4.73. The first-order chi connectivity index (χ1) is 10.9. The van der Waals surface area contributed by atoms with Crippen LogP contribution in [0.25, 0.3) is 0 Å². The number of ether oxygens (including phenoxy) is 1. The standard InChI is InChI=1S/C15H16F3N3O2/c1-11(14(22)20-7-9-21-8-6-19-10-21)23-13-5-3-2-4-12(13)15(16,17)18/h2-6,8,10-11H,7,9H2,1H3,(H,20,22)/t11-/m0/s1. The van der Waals surface area contributed by atoms with E-state index in [0.29, 0.717) is 13.1 Å². The predicted octanol–water partition coefficient (Wildman–Crippen LogP) is 2.49. The molecule has 0 unspecified atom stereocenters. The molecular formula is C15H16F3N3O2. The summed E-state index contributed by atoms with van der Waals surface area (Å²) in [5, 5.41) is 2.61. The molecule has 2 aromatic rings. The molecule has 1 aromatic carbocycles. The number of hydrogen-bond acceptors (Lipinski definition) is 3. The lowest BCUT2D eigenvalue weighted by Gasteiger charge is -2.18. The number of alkyl halides is 3. The van der Waals surface area contributed by atoms with Gasteiger partial charge in [-0.1, -0.05) is 12.1 Å². The van der Waals surface area contributed by atoms with Crippen molar-refractivity contribution in [1.29, 1.82) is 0 Å². The van der Waals surface area contributed by atoms with Crippen LogP contribution >= 0.6 is 0 Å². The number of nitrogens with zero attached hydrogens (tertiary/aromatic N) is 2. The van der Waals surface area contributed by atoms with Crippen LogP contribution < -0.4 is 10.1 Å². The summed E-state index contributed by atoms with van der Waals surface area (Å²) in [6.45, 7) is 2.24. The Bertz CT molecular complexity index is 642. The average Bonchev–Trinajstić information content (AvgIpc) is 3.00. The summed E-state index contributed by atoms with van der Waals surface area (Å²) < 4.78 is 45.6. The van der Waals surface area contributed by atoms with Crippen LogP contribution in [0.15, 0.2) is 43.0 Å². The van der Waals surface area contributed by atoms with E-state index in [2.05, 4.69) is 10.3 Å². The third-order valence-corrected chi connectivity index (χ3v) is 3.09. The van der Waals surface area contributed by atoms with Crippen LogP contribution in [0.5, 0.6) is 5.75 Å². The molecule has 1 heterocycles. The van der Waals surface area contributed by atoms with E-state index in [9.17, 15) is 18.0 Å². The van der Waals surface area contributed by atoms with Crippen LogP contribution in [0, 0.1) is 0 Å². The number of nitrogens with one attached hydrogen (secondary N) is 1. The number of rotatable bonds is 6. The van der Waals surface area contributed by atoms with E-state index in [-0.39, 0.29) is 5.75 Å². The molecule has 0 radical (unpaired) electrons. The first kappa shape index (κ1) is 16.9. The van der Waals surface area contributed by atoms with Crippen LogP contribution in [0.3, 0.4) is 0 Å². The van der Waals surface area contributed by atoms with Gasteiger partial charge in [0.2, 0.25) is 0 Å². The molecule has 1 amide bonds. The molecule has 0 bridgehead atoms. The quantitative estimate of drug-likeness (QED) is 0.887. The lowest BCUT2D eigenvalue weighted by Crippen LogP contribution is -2.38. The van der Waals surface area contributed by atoms with Gasteiger partial charge in [0.15, 0.2) is 6.10 Å². The van der Waals surface area contributed by atoms with Crippen molar-refractivity contribution in [3.8, 4) is 5.75 Å². The topological polar surface area (TPSA) is 56.1 Å². The molecule has 0 aliphatic heterocycles. The SMILES string of the molecule is C[C@H](Oc1ccccc1C(F)(F)F)C(=O)NCCn1ccnc1. The number of carbonyl (C=O) groups excluding carboxylic acids is 1. The molecule has 0 spiro atoms. The molecule has 0 fully saturated rings. The lowest BCUT2D eigenvalue weighted by atomic mass is 10.2. The Balaban J connectivity index is 1.91. The lowest BCUT2D eigenvalue weighted by molar-refractivity contribution is -0.140. The Kier molecular flexibility index (Phi) is 5.25. The van der Waals surface area contributed by atoms with Gasteiger partial charge in [0.25, 0.3) is 5.91 Å². The highest BCUT2D eigenvalue weighted by Crippen LogP contribution is 2.36. The van der Waals surface area contributed by atoms with Gasteiger partial charge < -0.3 is 14.6 Å². The number of hydrogen-bond donors (Lipinski definition) is 1. The highest BCUT2D eigenvalue weighted by molar-refractivity contribution is 5.80. The van der Waals surface area contributed by atoms with Gasteiger partial charge >= 0.3 is 6.18 Å². The van der Waals surface area contributed by atoms with Crippen molar-refractivity contribution in [2.45, 2.75) is 25.7 Å². The van der Waals surface area contributed by atoms with E-state index in [1.165, 1.54) is 25.1 Å². The van der Waals surface area contributed by atoms with Crippen LogP contribution in [0.2, 0.25) is 0 Å². The molecule has 2 rings (SSSR count). The van der Waals surface area contributed by atoms with Gasteiger partial charge in [-0.3, -0.25) is 4.79 Å². The van der Waals surface area contributed by atoms with E-state index in [4.69, 9.17) is 4.74 Å². The zero-order valence-electron chi connectivity index (χ0n) is 12.4. The van der Waals surface area contributed by atoms with Crippen LogP contribution in [-0.2, 0) is 17.5 Å². The highest BCUT2D eigenvalue weighted by atomic mass is 19.4. The first-order valence-electron chi connectivity index (χ1n) is 6.94. The first-order valence-corrected chi connectivity index (χ1v) is 6.94. The van der Waals surface area contributed by atoms with Crippen molar-refractivity contribution >= 4 is 5.91 Å². The summed E-state index contributed by atoms with van der Waals surface area (Å²) in [6.07, 6.45) is -0.617. The van der Waals surface area contributed by atoms with E-state index in [1.807, 2.05) is 0 Å². The van der Waals surface area contributed by atoms with Gasteiger partial charge in [0, 0.05) is 25.5 Å². The maximum atomic E-state index is 12.9. The summed E-state index contributed by atoms with van der Waals surface area (Å²) in [5.41, 5.74) is -0.905. The minimum absolute atomic E-state index is 0.323. The fourth-order valence-corrected chi connectivity index (χ4v) is 1.92. The van der Waals surface area contributed by atoms with E-state index in [1.54, 1.807) is 23.3 Å². The number of imidazole rings is 1. The molecule has 23 heavy (non-hydrogen) atoms. The Labute approximate surface area is 131 Å². The average molecular weight is 327 g/mol. The minimum Gasteiger partial charge on any atom is -0.480 e. The van der Waals surface area contributed by atoms with Crippen molar-refractivity contribution in [3.05, 3.63) is 48.5 Å². The summed E-state index contributed by atoms with van der Waals surface area (Å²) in [4.78, 5) is 15.8. The zero-order chi connectivity index (χ0) is 16.9. The van der Waals surface area contributed by atoms with Crippen molar-refractivity contribution in [2.24, 2.45) is 0 Å². The second-order valence-electron chi connectivity index (χ2n) is 4.85. The minimum atomic E-state index is -4.53. The van der Waals surface area contributed by atoms with Gasteiger partial charge in [-0.15, -0.1) is 0 Å². The third-order valence-electron chi connectivity index (χ3n) is 3.09. The molecule has 1 N–H and O–H groups in total.